The first-order valence-electron chi connectivity index (χ1n) is 10.1. The number of halogens is 1. The number of hydrogen-bond donors (Lipinski definition) is 2. The Kier molecular flexibility index (Phi) is 5.91. The van der Waals surface area contributed by atoms with Crippen LogP contribution in [0.25, 0.3) is 6.08 Å². The first-order chi connectivity index (χ1) is 14.9. The lowest BCUT2D eigenvalue weighted by Crippen LogP contribution is -2.19. The molecule has 3 aromatic rings. The van der Waals surface area contributed by atoms with Crippen molar-refractivity contribution in [3.05, 3.63) is 81.6 Å². The van der Waals surface area contributed by atoms with E-state index in [1.54, 1.807) is 12.1 Å². The van der Waals surface area contributed by atoms with Gasteiger partial charge >= 0.3 is 0 Å². The molecule has 2 N–H and O–H groups in total. The number of rotatable bonds is 5. The maximum atomic E-state index is 12.5. The molecule has 6 nitrogen and oxygen atoms in total. The highest BCUT2D eigenvalue weighted by Crippen LogP contribution is 2.26. The van der Waals surface area contributed by atoms with E-state index in [-0.39, 0.29) is 11.8 Å². The number of aromatic nitrogens is 2. The summed E-state index contributed by atoms with van der Waals surface area (Å²) in [6.07, 6.45) is 4.43. The SMILES string of the molecule is Cc1nn(Cc2ccccc2Cl)c(C)c1/C=C/C(=O)Nc1ccc2c(c1)CCC(=O)N2. The Hall–Kier alpha value is -3.38. The Morgan fingerprint density at radius 2 is 2.03 bits per heavy atom. The van der Waals surface area contributed by atoms with Crippen molar-refractivity contribution in [3.8, 4) is 0 Å². The molecule has 1 aliphatic heterocycles. The number of anilines is 2. The quantitative estimate of drug-likeness (QED) is 0.569. The van der Waals surface area contributed by atoms with Gasteiger partial charge in [-0.3, -0.25) is 14.3 Å². The molecular formula is C24H23ClN4O2. The molecule has 0 saturated heterocycles. The second-order valence-corrected chi connectivity index (χ2v) is 7.98. The van der Waals surface area contributed by atoms with Crippen molar-refractivity contribution >= 4 is 40.9 Å². The largest absolute Gasteiger partial charge is 0.326 e. The van der Waals surface area contributed by atoms with Gasteiger partial charge in [-0.05, 0) is 61.7 Å². The van der Waals surface area contributed by atoms with Crippen LogP contribution in [-0.4, -0.2) is 21.6 Å². The molecule has 0 spiro atoms. The zero-order valence-corrected chi connectivity index (χ0v) is 18.2. The lowest BCUT2D eigenvalue weighted by molar-refractivity contribution is -0.116. The Morgan fingerprint density at radius 3 is 2.84 bits per heavy atom. The predicted molar refractivity (Wildman–Crippen MR) is 123 cm³/mol. The van der Waals surface area contributed by atoms with Crippen LogP contribution >= 0.6 is 11.6 Å². The normalized spacial score (nSPS) is 13.2. The fourth-order valence-electron chi connectivity index (χ4n) is 3.70. The second-order valence-electron chi connectivity index (χ2n) is 7.58. The van der Waals surface area contributed by atoms with Gasteiger partial charge in [0, 0.05) is 40.2 Å². The average Bonchev–Trinajstić information content (AvgIpc) is 3.01. The van der Waals surface area contributed by atoms with Crippen LogP contribution in [0.3, 0.4) is 0 Å². The lowest BCUT2D eigenvalue weighted by Gasteiger charge is -2.17. The number of carbonyl (C=O) groups excluding carboxylic acids is 2. The molecule has 1 aliphatic rings. The molecule has 0 bridgehead atoms. The third kappa shape index (κ3) is 4.70. The molecule has 2 aromatic carbocycles. The van der Waals surface area contributed by atoms with Crippen molar-refractivity contribution in [1.82, 2.24) is 9.78 Å². The fraction of sp³-hybridized carbons (Fsp3) is 0.208. The Morgan fingerprint density at radius 1 is 1.23 bits per heavy atom. The van der Waals surface area contributed by atoms with Gasteiger partial charge in [0.1, 0.15) is 0 Å². The maximum Gasteiger partial charge on any atom is 0.248 e. The molecule has 0 fully saturated rings. The smallest absolute Gasteiger partial charge is 0.248 e. The molecule has 31 heavy (non-hydrogen) atoms. The minimum Gasteiger partial charge on any atom is -0.326 e. The molecule has 158 valence electrons. The lowest BCUT2D eigenvalue weighted by atomic mass is 10.0. The first-order valence-corrected chi connectivity index (χ1v) is 10.5. The first kappa shape index (κ1) is 20.9. The highest BCUT2D eigenvalue weighted by molar-refractivity contribution is 6.31. The predicted octanol–water partition coefficient (Wildman–Crippen LogP) is 4.74. The van der Waals surface area contributed by atoms with Gasteiger partial charge in [-0.2, -0.15) is 5.10 Å². The van der Waals surface area contributed by atoms with Gasteiger partial charge in [0.25, 0.3) is 0 Å². The molecule has 0 radical (unpaired) electrons. The third-order valence-corrected chi connectivity index (χ3v) is 5.75. The number of carbonyl (C=O) groups is 2. The van der Waals surface area contributed by atoms with Gasteiger partial charge in [-0.1, -0.05) is 29.8 Å². The summed E-state index contributed by atoms with van der Waals surface area (Å²) in [5, 5.41) is 11.0. The summed E-state index contributed by atoms with van der Waals surface area (Å²) < 4.78 is 1.89. The maximum absolute atomic E-state index is 12.5. The molecule has 4 rings (SSSR count). The van der Waals surface area contributed by atoms with E-state index in [1.807, 2.05) is 54.9 Å². The Bertz CT molecular complexity index is 1200. The summed E-state index contributed by atoms with van der Waals surface area (Å²) in [6, 6.07) is 13.2. The van der Waals surface area contributed by atoms with Crippen molar-refractivity contribution in [3.63, 3.8) is 0 Å². The number of hydrogen-bond acceptors (Lipinski definition) is 3. The minimum atomic E-state index is -0.225. The van der Waals surface area contributed by atoms with Crippen LogP contribution in [0.1, 0.15) is 34.5 Å². The zero-order valence-electron chi connectivity index (χ0n) is 17.4. The van der Waals surface area contributed by atoms with Crippen LogP contribution < -0.4 is 10.6 Å². The summed E-state index contributed by atoms with van der Waals surface area (Å²) in [5.41, 5.74) is 6.24. The number of benzene rings is 2. The molecule has 7 heteroatoms. The molecule has 1 aromatic heterocycles. The third-order valence-electron chi connectivity index (χ3n) is 5.39. The van der Waals surface area contributed by atoms with Gasteiger partial charge in [-0.15, -0.1) is 0 Å². The zero-order chi connectivity index (χ0) is 22.0. The van der Waals surface area contributed by atoms with Crippen LogP contribution in [0.2, 0.25) is 5.02 Å². The summed E-state index contributed by atoms with van der Waals surface area (Å²) in [6.45, 7) is 4.47. The number of amides is 2. The molecule has 0 unspecified atom stereocenters. The van der Waals surface area contributed by atoms with Gasteiger partial charge in [0.15, 0.2) is 0 Å². The Labute approximate surface area is 185 Å². The topological polar surface area (TPSA) is 76.0 Å². The van der Waals surface area contributed by atoms with Gasteiger partial charge in [0.2, 0.25) is 11.8 Å². The highest BCUT2D eigenvalue weighted by atomic mass is 35.5. The van der Waals surface area contributed by atoms with E-state index in [2.05, 4.69) is 15.7 Å². The Balaban J connectivity index is 1.46. The van der Waals surface area contributed by atoms with Crippen molar-refractivity contribution in [1.29, 1.82) is 0 Å². The van der Waals surface area contributed by atoms with Crippen LogP contribution in [-0.2, 0) is 22.6 Å². The van der Waals surface area contributed by atoms with Crippen molar-refractivity contribution in [2.75, 3.05) is 10.6 Å². The molecule has 0 aliphatic carbocycles. The van der Waals surface area contributed by atoms with E-state index in [0.717, 1.165) is 33.8 Å². The van der Waals surface area contributed by atoms with Crippen LogP contribution in [0.4, 0.5) is 11.4 Å². The summed E-state index contributed by atoms with van der Waals surface area (Å²) >= 11 is 6.28. The van der Waals surface area contributed by atoms with E-state index in [4.69, 9.17) is 11.6 Å². The highest BCUT2D eigenvalue weighted by Gasteiger charge is 2.15. The molecule has 2 heterocycles. The number of nitrogens with one attached hydrogen (secondary N) is 2. The van der Waals surface area contributed by atoms with Gasteiger partial charge < -0.3 is 10.6 Å². The van der Waals surface area contributed by atoms with E-state index in [0.29, 0.717) is 30.1 Å². The summed E-state index contributed by atoms with van der Waals surface area (Å²) in [4.78, 5) is 23.9. The minimum absolute atomic E-state index is 0.0213. The van der Waals surface area contributed by atoms with Crippen molar-refractivity contribution < 1.29 is 9.59 Å². The number of aryl methyl sites for hydroxylation is 2. The number of fused-ring (bicyclic) bond motifs is 1. The summed E-state index contributed by atoms with van der Waals surface area (Å²) in [5.74, 6) is -0.203. The molecule has 0 atom stereocenters. The van der Waals surface area contributed by atoms with Gasteiger partial charge in [-0.25, -0.2) is 0 Å². The monoisotopic (exact) mass is 434 g/mol. The van der Waals surface area contributed by atoms with Gasteiger partial charge in [0.05, 0.1) is 12.2 Å². The standard InChI is InChI=1S/C24H23ClN4O2/c1-15-20(16(2)29(28-15)14-18-5-3-4-6-21(18)25)9-12-23(30)26-19-8-10-22-17(13-19)7-11-24(31)27-22/h3-6,8-10,12-13H,7,11,14H2,1-2H3,(H,26,30)(H,27,31)/b12-9+. The second kappa shape index (κ2) is 8.78. The molecule has 2 amide bonds. The van der Waals surface area contributed by atoms with E-state index < -0.39 is 0 Å². The van der Waals surface area contributed by atoms with E-state index >= 15 is 0 Å². The van der Waals surface area contributed by atoms with Crippen molar-refractivity contribution in [2.24, 2.45) is 0 Å². The van der Waals surface area contributed by atoms with Crippen LogP contribution in [0.5, 0.6) is 0 Å². The number of nitrogens with zero attached hydrogens (tertiary/aromatic N) is 2. The van der Waals surface area contributed by atoms with E-state index in [1.165, 1.54) is 6.08 Å². The molecular weight excluding hydrogens is 412 g/mol. The van der Waals surface area contributed by atoms with Crippen LogP contribution in [0.15, 0.2) is 48.5 Å². The average molecular weight is 435 g/mol. The molecule has 0 saturated carbocycles. The fourth-order valence-corrected chi connectivity index (χ4v) is 3.89. The van der Waals surface area contributed by atoms with Crippen LogP contribution in [0, 0.1) is 13.8 Å². The summed E-state index contributed by atoms with van der Waals surface area (Å²) in [7, 11) is 0. The van der Waals surface area contributed by atoms with Crippen molar-refractivity contribution in [2.45, 2.75) is 33.2 Å². The van der Waals surface area contributed by atoms with E-state index in [9.17, 15) is 9.59 Å².